The van der Waals surface area contributed by atoms with Gasteiger partial charge in [-0.2, -0.15) is 0 Å². The predicted molar refractivity (Wildman–Crippen MR) is 97.8 cm³/mol. The van der Waals surface area contributed by atoms with Crippen LogP contribution in [-0.2, 0) is 4.74 Å². The van der Waals surface area contributed by atoms with Gasteiger partial charge in [-0.3, -0.25) is 4.79 Å². The Morgan fingerprint density at radius 2 is 1.96 bits per heavy atom. The van der Waals surface area contributed by atoms with E-state index in [0.29, 0.717) is 29.6 Å². The van der Waals surface area contributed by atoms with E-state index < -0.39 is 0 Å². The van der Waals surface area contributed by atoms with Crippen LogP contribution in [0.4, 0.5) is 4.39 Å². The number of nitrogens with zero attached hydrogens (tertiary/aromatic N) is 1. The Balaban J connectivity index is 1.59. The Labute approximate surface area is 153 Å². The van der Waals surface area contributed by atoms with Crippen LogP contribution >= 0.6 is 22.9 Å². The maximum absolute atomic E-state index is 13.1. The number of halogens is 2. The van der Waals surface area contributed by atoms with Gasteiger partial charge in [0.15, 0.2) is 0 Å². The Morgan fingerprint density at radius 1 is 1.20 bits per heavy atom. The lowest BCUT2D eigenvalue weighted by Crippen LogP contribution is -2.42. The number of fused-ring (bicyclic) bond motifs is 1. The number of ether oxygens (including phenoxy) is 1. The van der Waals surface area contributed by atoms with Crippen LogP contribution in [0, 0.1) is 5.82 Å². The van der Waals surface area contributed by atoms with E-state index in [1.165, 1.54) is 23.5 Å². The summed E-state index contributed by atoms with van der Waals surface area (Å²) in [5.41, 5.74) is 0.862. The van der Waals surface area contributed by atoms with Crippen molar-refractivity contribution in [1.82, 2.24) is 4.90 Å². The first-order valence-electron chi connectivity index (χ1n) is 7.97. The Bertz CT molecular complexity index is 925. The highest BCUT2D eigenvalue weighted by molar-refractivity contribution is 7.21. The van der Waals surface area contributed by atoms with E-state index in [1.807, 2.05) is 24.3 Å². The van der Waals surface area contributed by atoms with Crippen LogP contribution in [0.1, 0.15) is 21.3 Å². The smallest absolute Gasteiger partial charge is 0.265 e. The molecule has 1 fully saturated rings. The lowest BCUT2D eigenvalue weighted by molar-refractivity contribution is -0.0226. The van der Waals surface area contributed by atoms with Crippen molar-refractivity contribution in [2.75, 3.05) is 19.7 Å². The minimum atomic E-state index is -0.287. The fraction of sp³-hybridized carbons (Fsp3) is 0.211. The second-order valence-corrected chi connectivity index (χ2v) is 7.33. The zero-order valence-corrected chi connectivity index (χ0v) is 14.8. The average Bonchev–Trinajstić information content (AvgIpc) is 2.99. The SMILES string of the molecule is O=C(c1sc2ccccc2c1Cl)N1CCOC(c2ccc(F)cc2)C1. The second kappa shape index (κ2) is 6.75. The van der Waals surface area contributed by atoms with Crippen LogP contribution in [0.2, 0.25) is 5.02 Å². The van der Waals surface area contributed by atoms with Crippen LogP contribution in [0.3, 0.4) is 0 Å². The molecule has 0 spiro atoms. The van der Waals surface area contributed by atoms with E-state index in [9.17, 15) is 9.18 Å². The second-order valence-electron chi connectivity index (χ2n) is 5.90. The van der Waals surface area contributed by atoms with E-state index >= 15 is 0 Å². The number of amides is 1. The summed E-state index contributed by atoms with van der Waals surface area (Å²) in [6.45, 7) is 1.38. The number of thiophene rings is 1. The van der Waals surface area contributed by atoms with Crippen molar-refractivity contribution < 1.29 is 13.9 Å². The van der Waals surface area contributed by atoms with Gasteiger partial charge in [-0.1, -0.05) is 41.9 Å². The third-order valence-corrected chi connectivity index (χ3v) is 5.99. The number of hydrogen-bond donors (Lipinski definition) is 0. The minimum absolute atomic E-state index is 0.0818. The van der Waals surface area contributed by atoms with E-state index in [0.717, 1.165) is 15.6 Å². The molecule has 2 heterocycles. The summed E-state index contributed by atoms with van der Waals surface area (Å²) >= 11 is 7.84. The van der Waals surface area contributed by atoms with Crippen LogP contribution in [0.5, 0.6) is 0 Å². The van der Waals surface area contributed by atoms with Crippen LogP contribution in [0.25, 0.3) is 10.1 Å². The van der Waals surface area contributed by atoms with Crippen LogP contribution < -0.4 is 0 Å². The highest BCUT2D eigenvalue weighted by atomic mass is 35.5. The molecule has 1 aromatic heterocycles. The summed E-state index contributed by atoms with van der Waals surface area (Å²) < 4.78 is 19.9. The van der Waals surface area contributed by atoms with Crippen LogP contribution in [0.15, 0.2) is 48.5 Å². The summed E-state index contributed by atoms with van der Waals surface area (Å²) in [7, 11) is 0. The van der Waals surface area contributed by atoms with Crippen molar-refractivity contribution >= 4 is 38.9 Å². The van der Waals surface area contributed by atoms with Crippen molar-refractivity contribution in [2.45, 2.75) is 6.10 Å². The van der Waals surface area contributed by atoms with Gasteiger partial charge in [-0.05, 0) is 23.8 Å². The molecule has 1 aliphatic rings. The molecule has 128 valence electrons. The van der Waals surface area contributed by atoms with E-state index in [2.05, 4.69) is 0 Å². The van der Waals surface area contributed by atoms with Crippen molar-refractivity contribution in [1.29, 1.82) is 0 Å². The highest BCUT2D eigenvalue weighted by Gasteiger charge is 2.28. The number of hydrogen-bond acceptors (Lipinski definition) is 3. The topological polar surface area (TPSA) is 29.5 Å². The molecule has 3 aromatic rings. The Morgan fingerprint density at radius 3 is 2.72 bits per heavy atom. The highest BCUT2D eigenvalue weighted by Crippen LogP contribution is 2.36. The molecule has 0 radical (unpaired) electrons. The molecule has 1 aliphatic heterocycles. The molecule has 1 unspecified atom stereocenters. The quantitative estimate of drug-likeness (QED) is 0.637. The number of rotatable bonds is 2. The molecular formula is C19H15ClFNO2S. The standard InChI is InChI=1S/C19H15ClFNO2S/c20-17-14-3-1-2-4-16(14)25-18(17)19(23)22-9-10-24-15(11-22)12-5-7-13(21)8-6-12/h1-8,15H,9-11H2. The molecule has 0 aliphatic carbocycles. The molecule has 6 heteroatoms. The fourth-order valence-electron chi connectivity index (χ4n) is 3.01. The normalized spacial score (nSPS) is 17.8. The number of benzene rings is 2. The molecule has 0 N–H and O–H groups in total. The van der Waals surface area contributed by atoms with E-state index in [1.54, 1.807) is 17.0 Å². The van der Waals surface area contributed by atoms with Gasteiger partial charge in [0.2, 0.25) is 0 Å². The zero-order chi connectivity index (χ0) is 17.4. The first kappa shape index (κ1) is 16.5. The monoisotopic (exact) mass is 375 g/mol. The van der Waals surface area contributed by atoms with Gasteiger partial charge in [-0.25, -0.2) is 4.39 Å². The molecule has 0 bridgehead atoms. The third-order valence-electron chi connectivity index (χ3n) is 4.32. The number of carbonyl (C=O) groups is 1. The molecule has 2 aromatic carbocycles. The van der Waals surface area contributed by atoms with Crippen molar-refractivity contribution in [3.05, 3.63) is 69.8 Å². The van der Waals surface area contributed by atoms with Gasteiger partial charge < -0.3 is 9.64 Å². The van der Waals surface area contributed by atoms with Crippen molar-refractivity contribution in [3.63, 3.8) is 0 Å². The van der Waals surface area contributed by atoms with Gasteiger partial charge in [0.1, 0.15) is 16.8 Å². The third kappa shape index (κ3) is 3.15. The zero-order valence-electron chi connectivity index (χ0n) is 13.2. The molecule has 1 saturated heterocycles. The Kier molecular flexibility index (Phi) is 4.46. The minimum Gasteiger partial charge on any atom is -0.370 e. The first-order valence-corrected chi connectivity index (χ1v) is 9.16. The Hall–Kier alpha value is -1.95. The first-order chi connectivity index (χ1) is 12.1. The van der Waals surface area contributed by atoms with Crippen LogP contribution in [-0.4, -0.2) is 30.5 Å². The summed E-state index contributed by atoms with van der Waals surface area (Å²) in [6, 6.07) is 13.9. The fourth-order valence-corrected chi connectivity index (χ4v) is 4.49. The molecule has 4 rings (SSSR count). The summed E-state index contributed by atoms with van der Waals surface area (Å²) in [5, 5.41) is 1.41. The van der Waals surface area contributed by atoms with Gasteiger partial charge in [0, 0.05) is 16.6 Å². The largest absolute Gasteiger partial charge is 0.370 e. The molecule has 1 atom stereocenters. The average molecular weight is 376 g/mol. The van der Waals surface area contributed by atoms with Gasteiger partial charge >= 0.3 is 0 Å². The van der Waals surface area contributed by atoms with Gasteiger partial charge in [0.25, 0.3) is 5.91 Å². The van der Waals surface area contributed by atoms with Crippen molar-refractivity contribution in [3.8, 4) is 0 Å². The number of morpholine rings is 1. The lowest BCUT2D eigenvalue weighted by atomic mass is 10.1. The van der Waals surface area contributed by atoms with Gasteiger partial charge in [-0.15, -0.1) is 11.3 Å². The summed E-state index contributed by atoms with van der Waals surface area (Å²) in [6.07, 6.45) is -0.258. The van der Waals surface area contributed by atoms with E-state index in [4.69, 9.17) is 16.3 Å². The molecule has 25 heavy (non-hydrogen) atoms. The molecule has 1 amide bonds. The summed E-state index contributed by atoms with van der Waals surface area (Å²) in [4.78, 5) is 15.3. The molecular weight excluding hydrogens is 361 g/mol. The molecule has 3 nitrogen and oxygen atoms in total. The lowest BCUT2D eigenvalue weighted by Gasteiger charge is -2.33. The van der Waals surface area contributed by atoms with E-state index in [-0.39, 0.29) is 17.8 Å². The predicted octanol–water partition coefficient (Wildman–Crippen LogP) is 4.91. The maximum atomic E-state index is 13.1. The summed E-state index contributed by atoms with van der Waals surface area (Å²) in [5.74, 6) is -0.369. The number of carbonyl (C=O) groups excluding carboxylic acids is 1. The molecule has 0 saturated carbocycles. The van der Waals surface area contributed by atoms with Gasteiger partial charge in [0.05, 0.1) is 18.2 Å². The van der Waals surface area contributed by atoms with Crippen molar-refractivity contribution in [2.24, 2.45) is 0 Å². The maximum Gasteiger partial charge on any atom is 0.265 e.